The topological polar surface area (TPSA) is 56.2 Å². The number of unbranched alkanes of at least 4 members (excludes halogenated alkanes) is 2. The Balaban J connectivity index is 2.20. The maximum Gasteiger partial charge on any atom is 0.330 e. The second kappa shape index (κ2) is 6.22. The van der Waals surface area contributed by atoms with Crippen LogP contribution >= 0.6 is 0 Å². The molecular formula is C14H19N3O2. The van der Waals surface area contributed by atoms with Gasteiger partial charge in [0.1, 0.15) is 0 Å². The molecule has 2 aromatic rings. The average molecular weight is 261 g/mol. The zero-order chi connectivity index (χ0) is 13.7. The number of imidazole rings is 1. The first-order chi connectivity index (χ1) is 9.27. The molecule has 1 N–H and O–H groups in total. The van der Waals surface area contributed by atoms with Crippen molar-refractivity contribution in [1.29, 1.82) is 0 Å². The van der Waals surface area contributed by atoms with Gasteiger partial charge in [-0.25, -0.2) is 9.36 Å². The van der Waals surface area contributed by atoms with E-state index in [4.69, 9.17) is 4.74 Å². The summed E-state index contributed by atoms with van der Waals surface area (Å²) in [6.07, 6.45) is 3.23. The highest BCUT2D eigenvalue weighted by Crippen LogP contribution is 2.20. The Kier molecular flexibility index (Phi) is 4.39. The summed E-state index contributed by atoms with van der Waals surface area (Å²) in [6, 6.07) is 7.61. The second-order valence-electron chi connectivity index (χ2n) is 4.36. The largest absolute Gasteiger partial charge is 0.468 e. The van der Waals surface area contributed by atoms with Gasteiger partial charge in [0, 0.05) is 6.54 Å². The Bertz CT molecular complexity index is 563. The highest BCUT2D eigenvalue weighted by Gasteiger charge is 2.16. The van der Waals surface area contributed by atoms with Crippen molar-refractivity contribution in [2.24, 2.45) is 0 Å². The molecule has 0 aliphatic carbocycles. The molecule has 1 amide bonds. The van der Waals surface area contributed by atoms with Gasteiger partial charge in [-0.2, -0.15) is 4.98 Å². The molecule has 5 heteroatoms. The molecule has 0 atom stereocenters. The number of aromatic nitrogens is 2. The lowest BCUT2D eigenvalue weighted by Gasteiger charge is -2.08. The predicted molar refractivity (Wildman–Crippen MR) is 74.6 cm³/mol. The number of methoxy groups -OCH3 is 1. The van der Waals surface area contributed by atoms with Crippen LogP contribution in [0.3, 0.4) is 0 Å². The van der Waals surface area contributed by atoms with Gasteiger partial charge >= 0.3 is 12.0 Å². The highest BCUT2D eigenvalue weighted by molar-refractivity contribution is 5.90. The number of nitrogens with zero attached hydrogens (tertiary/aromatic N) is 2. The van der Waals surface area contributed by atoms with Crippen molar-refractivity contribution in [3.05, 3.63) is 24.3 Å². The third kappa shape index (κ3) is 2.86. The van der Waals surface area contributed by atoms with Gasteiger partial charge in [-0.05, 0) is 18.6 Å². The first-order valence-corrected chi connectivity index (χ1v) is 6.57. The molecule has 102 valence electrons. The molecule has 2 rings (SSSR count). The van der Waals surface area contributed by atoms with Gasteiger partial charge in [0.05, 0.1) is 18.1 Å². The summed E-state index contributed by atoms with van der Waals surface area (Å²) in [5.41, 5.74) is 1.51. The monoisotopic (exact) mass is 261 g/mol. The van der Waals surface area contributed by atoms with Crippen LogP contribution in [0.4, 0.5) is 4.79 Å². The number of fused-ring (bicyclic) bond motifs is 1. The fraction of sp³-hybridized carbons (Fsp3) is 0.429. The predicted octanol–water partition coefficient (Wildman–Crippen LogP) is 2.79. The minimum Gasteiger partial charge on any atom is -0.468 e. The molecule has 0 saturated carbocycles. The van der Waals surface area contributed by atoms with Crippen molar-refractivity contribution in [3.8, 4) is 6.01 Å². The number of hydrogen-bond acceptors (Lipinski definition) is 3. The molecular weight excluding hydrogens is 242 g/mol. The van der Waals surface area contributed by atoms with Crippen molar-refractivity contribution in [2.75, 3.05) is 13.7 Å². The van der Waals surface area contributed by atoms with Crippen molar-refractivity contribution < 1.29 is 9.53 Å². The van der Waals surface area contributed by atoms with Crippen LogP contribution in [0.2, 0.25) is 0 Å². The summed E-state index contributed by atoms with van der Waals surface area (Å²) in [7, 11) is 1.52. The number of benzene rings is 1. The van der Waals surface area contributed by atoms with E-state index in [0.717, 1.165) is 30.3 Å². The summed E-state index contributed by atoms with van der Waals surface area (Å²) in [5, 5.41) is 2.89. The number of para-hydroxylation sites is 2. The number of hydrogen-bond donors (Lipinski definition) is 1. The Hall–Kier alpha value is -2.04. The van der Waals surface area contributed by atoms with Crippen LogP contribution in [-0.4, -0.2) is 29.2 Å². The third-order valence-electron chi connectivity index (χ3n) is 2.97. The van der Waals surface area contributed by atoms with Crippen LogP contribution in [-0.2, 0) is 0 Å². The number of rotatable bonds is 5. The Labute approximate surface area is 112 Å². The molecule has 19 heavy (non-hydrogen) atoms. The molecule has 0 radical (unpaired) electrons. The average Bonchev–Trinajstić information content (AvgIpc) is 2.82. The van der Waals surface area contributed by atoms with Gasteiger partial charge in [0.2, 0.25) is 0 Å². The fourth-order valence-electron chi connectivity index (χ4n) is 1.99. The van der Waals surface area contributed by atoms with E-state index in [1.54, 1.807) is 0 Å². The molecule has 1 aromatic heterocycles. The molecule has 1 aromatic carbocycles. The number of amides is 1. The molecule has 0 aliphatic heterocycles. The first kappa shape index (κ1) is 13.4. The smallest absolute Gasteiger partial charge is 0.330 e. The van der Waals surface area contributed by atoms with E-state index < -0.39 is 0 Å². The molecule has 1 heterocycles. The maximum atomic E-state index is 12.2. The van der Waals surface area contributed by atoms with Gasteiger partial charge in [-0.3, -0.25) is 0 Å². The normalized spacial score (nSPS) is 10.6. The third-order valence-corrected chi connectivity index (χ3v) is 2.97. The minimum atomic E-state index is -0.193. The number of carbonyl (C=O) groups is 1. The molecule has 5 nitrogen and oxygen atoms in total. The molecule has 0 aliphatic rings. The van der Waals surface area contributed by atoms with E-state index in [-0.39, 0.29) is 6.03 Å². The van der Waals surface area contributed by atoms with Crippen molar-refractivity contribution >= 4 is 17.1 Å². The van der Waals surface area contributed by atoms with E-state index in [1.807, 2.05) is 24.3 Å². The van der Waals surface area contributed by atoms with Crippen LogP contribution in [0.5, 0.6) is 6.01 Å². The fourth-order valence-corrected chi connectivity index (χ4v) is 1.99. The van der Waals surface area contributed by atoms with Crippen molar-refractivity contribution in [3.63, 3.8) is 0 Å². The Morgan fingerprint density at radius 3 is 2.89 bits per heavy atom. The van der Waals surface area contributed by atoms with Crippen LogP contribution in [0, 0.1) is 0 Å². The minimum absolute atomic E-state index is 0.193. The quantitative estimate of drug-likeness (QED) is 0.842. The summed E-state index contributed by atoms with van der Waals surface area (Å²) in [6.45, 7) is 2.80. The van der Waals surface area contributed by atoms with E-state index in [1.165, 1.54) is 11.7 Å². The lowest BCUT2D eigenvalue weighted by Crippen LogP contribution is -2.29. The van der Waals surface area contributed by atoms with E-state index >= 15 is 0 Å². The molecule has 0 bridgehead atoms. The van der Waals surface area contributed by atoms with Crippen LogP contribution in [0.15, 0.2) is 24.3 Å². The van der Waals surface area contributed by atoms with Gasteiger partial charge in [-0.15, -0.1) is 0 Å². The van der Waals surface area contributed by atoms with Crippen molar-refractivity contribution in [1.82, 2.24) is 14.9 Å². The molecule has 0 saturated heterocycles. The molecule has 0 spiro atoms. The van der Waals surface area contributed by atoms with Crippen LogP contribution in [0.1, 0.15) is 26.2 Å². The van der Waals surface area contributed by atoms with Gasteiger partial charge in [0.15, 0.2) is 0 Å². The zero-order valence-corrected chi connectivity index (χ0v) is 11.3. The summed E-state index contributed by atoms with van der Waals surface area (Å²) >= 11 is 0. The zero-order valence-electron chi connectivity index (χ0n) is 11.3. The van der Waals surface area contributed by atoms with E-state index in [2.05, 4.69) is 17.2 Å². The second-order valence-corrected chi connectivity index (χ2v) is 4.36. The lowest BCUT2D eigenvalue weighted by atomic mass is 10.2. The van der Waals surface area contributed by atoms with Gasteiger partial charge in [0.25, 0.3) is 0 Å². The highest BCUT2D eigenvalue weighted by atomic mass is 16.5. The Morgan fingerprint density at radius 2 is 2.16 bits per heavy atom. The van der Waals surface area contributed by atoms with E-state index in [0.29, 0.717) is 12.6 Å². The Morgan fingerprint density at radius 1 is 1.37 bits per heavy atom. The summed E-state index contributed by atoms with van der Waals surface area (Å²) in [4.78, 5) is 16.5. The van der Waals surface area contributed by atoms with E-state index in [9.17, 15) is 4.79 Å². The SMILES string of the molecule is CCCCCNC(=O)n1c(OC)nc2ccccc21. The lowest BCUT2D eigenvalue weighted by molar-refractivity contribution is 0.239. The standard InChI is InChI=1S/C14H19N3O2/c1-3-4-7-10-15-13(18)17-12-9-6-5-8-11(12)16-14(17)19-2/h5-6,8-9H,3-4,7,10H2,1-2H3,(H,15,18). The summed E-state index contributed by atoms with van der Waals surface area (Å²) in [5.74, 6) is 0. The number of ether oxygens (including phenoxy) is 1. The van der Waals surface area contributed by atoms with Gasteiger partial charge in [-0.1, -0.05) is 31.9 Å². The van der Waals surface area contributed by atoms with Crippen molar-refractivity contribution in [2.45, 2.75) is 26.2 Å². The molecule has 0 unspecified atom stereocenters. The maximum absolute atomic E-state index is 12.2. The number of nitrogens with one attached hydrogen (secondary N) is 1. The first-order valence-electron chi connectivity index (χ1n) is 6.57. The van der Waals surface area contributed by atoms with Crippen LogP contribution in [0.25, 0.3) is 11.0 Å². The number of carbonyl (C=O) groups excluding carboxylic acids is 1. The molecule has 0 fully saturated rings. The summed E-state index contributed by atoms with van der Waals surface area (Å²) < 4.78 is 6.64. The van der Waals surface area contributed by atoms with Crippen LogP contribution < -0.4 is 10.1 Å². The van der Waals surface area contributed by atoms with Gasteiger partial charge < -0.3 is 10.1 Å².